The third kappa shape index (κ3) is 5.02. The summed E-state index contributed by atoms with van der Waals surface area (Å²) in [4.78, 5) is 34.1. The third-order valence-electron chi connectivity index (χ3n) is 4.07. The van der Waals surface area contributed by atoms with Crippen LogP contribution in [-0.2, 0) is 0 Å². The number of amides is 3. The van der Waals surface area contributed by atoms with Gasteiger partial charge in [0.1, 0.15) is 5.69 Å². The summed E-state index contributed by atoms with van der Waals surface area (Å²) in [6, 6.07) is 7.09. The molecule has 1 atom stereocenters. The van der Waals surface area contributed by atoms with Gasteiger partial charge >= 0.3 is 6.03 Å². The van der Waals surface area contributed by atoms with Crippen LogP contribution in [0.3, 0.4) is 0 Å². The van der Waals surface area contributed by atoms with Crippen LogP contribution >= 0.6 is 0 Å². The van der Waals surface area contributed by atoms with E-state index in [0.29, 0.717) is 18.8 Å². The molecule has 0 spiro atoms. The Morgan fingerprint density at radius 3 is 2.27 bits per heavy atom. The van der Waals surface area contributed by atoms with Gasteiger partial charge < -0.3 is 15.5 Å². The lowest BCUT2D eigenvalue weighted by atomic mass is 10.1. The normalized spacial score (nSPS) is 11.5. The summed E-state index contributed by atoms with van der Waals surface area (Å²) >= 11 is 0. The zero-order valence-electron chi connectivity index (χ0n) is 15.6. The first-order valence-corrected chi connectivity index (χ1v) is 8.70. The van der Waals surface area contributed by atoms with Crippen LogP contribution in [0.25, 0.3) is 0 Å². The Morgan fingerprint density at radius 2 is 1.73 bits per heavy atom. The van der Waals surface area contributed by atoms with Gasteiger partial charge in [-0.3, -0.25) is 9.78 Å². The maximum Gasteiger partial charge on any atom is 0.321 e. The van der Waals surface area contributed by atoms with Crippen LogP contribution in [0.1, 0.15) is 48.6 Å². The van der Waals surface area contributed by atoms with E-state index in [1.165, 1.54) is 6.20 Å². The van der Waals surface area contributed by atoms with Gasteiger partial charge in [-0.25, -0.2) is 9.78 Å². The molecular weight excluding hydrogens is 330 g/mol. The van der Waals surface area contributed by atoms with Gasteiger partial charge in [-0.2, -0.15) is 0 Å². The molecule has 138 valence electrons. The molecular formula is C19H25N5O2. The molecule has 2 N–H and O–H groups in total. The van der Waals surface area contributed by atoms with Gasteiger partial charge in [0.05, 0.1) is 17.9 Å². The second-order valence-electron chi connectivity index (χ2n) is 5.96. The second-order valence-corrected chi connectivity index (χ2v) is 5.96. The minimum atomic E-state index is -0.274. The number of carbonyl (C=O) groups is 2. The first-order chi connectivity index (χ1) is 12.4. The molecule has 0 aliphatic heterocycles. The van der Waals surface area contributed by atoms with E-state index >= 15 is 0 Å². The number of hydrogen-bond acceptors (Lipinski definition) is 4. The quantitative estimate of drug-likeness (QED) is 0.833. The lowest BCUT2D eigenvalue weighted by Crippen LogP contribution is -2.34. The topological polar surface area (TPSA) is 87.2 Å². The maximum absolute atomic E-state index is 12.2. The maximum atomic E-state index is 12.2. The van der Waals surface area contributed by atoms with Gasteiger partial charge in [0.15, 0.2) is 0 Å². The molecule has 26 heavy (non-hydrogen) atoms. The molecule has 2 aromatic rings. The number of aryl methyl sites for hydroxylation is 1. The molecule has 3 amide bonds. The van der Waals surface area contributed by atoms with Crippen molar-refractivity contribution in [1.29, 1.82) is 0 Å². The first-order valence-electron chi connectivity index (χ1n) is 8.70. The highest BCUT2D eigenvalue weighted by molar-refractivity contribution is 5.92. The molecule has 0 radical (unpaired) electrons. The van der Waals surface area contributed by atoms with Crippen molar-refractivity contribution in [2.24, 2.45) is 0 Å². The number of anilines is 1. The van der Waals surface area contributed by atoms with E-state index in [2.05, 4.69) is 20.6 Å². The highest BCUT2D eigenvalue weighted by Crippen LogP contribution is 2.17. The molecule has 1 aromatic heterocycles. The van der Waals surface area contributed by atoms with Crippen molar-refractivity contribution < 1.29 is 9.59 Å². The summed E-state index contributed by atoms with van der Waals surface area (Å²) in [5.41, 5.74) is 2.69. The SMILES string of the molecule is CCN(CC)C(=O)Nc1ccc(C(C)NC(=O)c2cnc(C)cn2)cc1. The third-order valence-corrected chi connectivity index (χ3v) is 4.07. The number of rotatable bonds is 6. The lowest BCUT2D eigenvalue weighted by Gasteiger charge is -2.19. The Labute approximate surface area is 153 Å². The Balaban J connectivity index is 1.97. The number of hydrogen-bond donors (Lipinski definition) is 2. The Bertz CT molecular complexity index is 740. The van der Waals surface area contributed by atoms with E-state index in [0.717, 1.165) is 11.3 Å². The summed E-state index contributed by atoms with van der Waals surface area (Å²) in [6.07, 6.45) is 3.02. The predicted octanol–water partition coefficient (Wildman–Crippen LogP) is 3.15. The standard InChI is InChI=1S/C19H25N5O2/c1-5-24(6-2)19(26)23-16-9-7-15(8-10-16)14(4)22-18(25)17-12-20-13(3)11-21-17/h7-12,14H,5-6H2,1-4H3,(H,22,25)(H,23,26). The van der Waals surface area contributed by atoms with Crippen LogP contribution < -0.4 is 10.6 Å². The highest BCUT2D eigenvalue weighted by atomic mass is 16.2. The van der Waals surface area contributed by atoms with Gasteiger partial charge in [0, 0.05) is 25.0 Å². The van der Waals surface area contributed by atoms with Crippen molar-refractivity contribution in [1.82, 2.24) is 20.2 Å². The van der Waals surface area contributed by atoms with Gasteiger partial charge in [0.25, 0.3) is 5.91 Å². The highest BCUT2D eigenvalue weighted by Gasteiger charge is 2.14. The summed E-state index contributed by atoms with van der Waals surface area (Å²) in [5.74, 6) is -0.274. The van der Waals surface area contributed by atoms with Crippen molar-refractivity contribution in [2.45, 2.75) is 33.7 Å². The van der Waals surface area contributed by atoms with Crippen LogP contribution in [0, 0.1) is 6.92 Å². The number of carbonyl (C=O) groups excluding carboxylic acids is 2. The Hall–Kier alpha value is -2.96. The van der Waals surface area contributed by atoms with Gasteiger partial charge in [0.2, 0.25) is 0 Å². The van der Waals surface area contributed by atoms with Crippen molar-refractivity contribution in [3.05, 3.63) is 53.6 Å². The summed E-state index contributed by atoms with van der Waals surface area (Å²) in [7, 11) is 0. The summed E-state index contributed by atoms with van der Waals surface area (Å²) in [5, 5.41) is 5.75. The molecule has 0 aliphatic carbocycles. The molecule has 1 aromatic carbocycles. The van der Waals surface area contributed by atoms with E-state index in [-0.39, 0.29) is 23.7 Å². The van der Waals surface area contributed by atoms with Crippen molar-refractivity contribution >= 4 is 17.6 Å². The molecule has 2 rings (SSSR count). The van der Waals surface area contributed by atoms with E-state index in [1.807, 2.05) is 52.0 Å². The molecule has 0 saturated heterocycles. The minimum absolute atomic E-state index is 0.123. The minimum Gasteiger partial charge on any atom is -0.344 e. The molecule has 1 heterocycles. The Morgan fingerprint density at radius 1 is 1.08 bits per heavy atom. The second kappa shape index (κ2) is 8.94. The smallest absolute Gasteiger partial charge is 0.321 e. The number of nitrogens with zero attached hydrogens (tertiary/aromatic N) is 3. The van der Waals surface area contributed by atoms with Crippen LogP contribution in [0.4, 0.5) is 10.5 Å². The largest absolute Gasteiger partial charge is 0.344 e. The predicted molar refractivity (Wildman–Crippen MR) is 101 cm³/mol. The fraction of sp³-hybridized carbons (Fsp3) is 0.368. The number of urea groups is 1. The number of aromatic nitrogens is 2. The molecule has 1 unspecified atom stereocenters. The van der Waals surface area contributed by atoms with E-state index < -0.39 is 0 Å². The molecule has 0 aliphatic rings. The first kappa shape index (κ1) is 19.4. The van der Waals surface area contributed by atoms with Crippen LogP contribution in [0.2, 0.25) is 0 Å². The van der Waals surface area contributed by atoms with E-state index in [1.54, 1.807) is 11.1 Å². The van der Waals surface area contributed by atoms with Gasteiger partial charge in [-0.05, 0) is 45.4 Å². The monoisotopic (exact) mass is 355 g/mol. The fourth-order valence-corrected chi connectivity index (χ4v) is 2.43. The Kier molecular flexibility index (Phi) is 6.66. The van der Waals surface area contributed by atoms with Crippen LogP contribution in [0.15, 0.2) is 36.7 Å². The number of benzene rings is 1. The zero-order valence-corrected chi connectivity index (χ0v) is 15.6. The fourth-order valence-electron chi connectivity index (χ4n) is 2.43. The molecule has 0 bridgehead atoms. The lowest BCUT2D eigenvalue weighted by molar-refractivity contribution is 0.0934. The summed E-state index contributed by atoms with van der Waals surface area (Å²) < 4.78 is 0. The van der Waals surface area contributed by atoms with Crippen molar-refractivity contribution in [3.8, 4) is 0 Å². The van der Waals surface area contributed by atoms with Crippen LogP contribution in [0.5, 0.6) is 0 Å². The molecule has 0 fully saturated rings. The molecule has 7 heteroatoms. The molecule has 7 nitrogen and oxygen atoms in total. The van der Waals surface area contributed by atoms with Gasteiger partial charge in [-0.1, -0.05) is 12.1 Å². The van der Waals surface area contributed by atoms with Crippen molar-refractivity contribution in [3.63, 3.8) is 0 Å². The molecule has 0 saturated carbocycles. The van der Waals surface area contributed by atoms with Crippen molar-refractivity contribution in [2.75, 3.05) is 18.4 Å². The zero-order chi connectivity index (χ0) is 19.1. The van der Waals surface area contributed by atoms with Gasteiger partial charge in [-0.15, -0.1) is 0 Å². The van der Waals surface area contributed by atoms with E-state index in [9.17, 15) is 9.59 Å². The number of nitrogens with one attached hydrogen (secondary N) is 2. The van der Waals surface area contributed by atoms with Crippen LogP contribution in [-0.4, -0.2) is 39.9 Å². The average Bonchev–Trinajstić information content (AvgIpc) is 2.63. The van der Waals surface area contributed by atoms with E-state index in [4.69, 9.17) is 0 Å². The average molecular weight is 355 g/mol. The summed E-state index contributed by atoms with van der Waals surface area (Å²) in [6.45, 7) is 8.90.